The molecule has 1 fully saturated rings. The largest absolute Gasteiger partial charge is 0.373 e. The highest BCUT2D eigenvalue weighted by molar-refractivity contribution is 4.81. The van der Waals surface area contributed by atoms with Crippen LogP contribution in [0.2, 0.25) is 0 Å². The van der Waals surface area contributed by atoms with Crippen LogP contribution in [-0.2, 0) is 4.74 Å². The molecule has 84 valence electrons. The van der Waals surface area contributed by atoms with Crippen molar-refractivity contribution < 1.29 is 4.74 Å². The van der Waals surface area contributed by atoms with E-state index in [0.717, 1.165) is 19.7 Å². The zero-order valence-electron chi connectivity index (χ0n) is 9.77. The molecule has 0 bridgehead atoms. The zero-order valence-corrected chi connectivity index (χ0v) is 9.77. The normalized spacial score (nSPS) is 27.9. The van der Waals surface area contributed by atoms with Crippen molar-refractivity contribution in [1.29, 1.82) is 0 Å². The van der Waals surface area contributed by atoms with E-state index in [9.17, 15) is 0 Å². The van der Waals surface area contributed by atoms with Crippen LogP contribution in [0, 0.1) is 0 Å². The van der Waals surface area contributed by atoms with E-state index in [-0.39, 0.29) is 5.60 Å². The first-order valence-electron chi connectivity index (χ1n) is 6.11. The van der Waals surface area contributed by atoms with Gasteiger partial charge in [0.05, 0.1) is 12.2 Å². The summed E-state index contributed by atoms with van der Waals surface area (Å²) in [6.45, 7) is 7.42. The van der Waals surface area contributed by atoms with Gasteiger partial charge in [-0.25, -0.2) is 0 Å². The molecule has 1 N–H and O–H groups in total. The summed E-state index contributed by atoms with van der Waals surface area (Å²) in [6.07, 6.45) is 8.00. The Morgan fingerprint density at radius 1 is 1.21 bits per heavy atom. The molecule has 1 saturated heterocycles. The average Bonchev–Trinajstić information content (AvgIpc) is 2.18. The molecule has 0 amide bonds. The molecule has 14 heavy (non-hydrogen) atoms. The molecule has 1 heterocycles. The quantitative estimate of drug-likeness (QED) is 0.664. The Bertz CT molecular complexity index is 141. The topological polar surface area (TPSA) is 21.3 Å². The maximum Gasteiger partial charge on any atom is 0.0778 e. The standard InChI is InChI=1S/C12H25NO/c1-3-4-5-6-7-8-12(2)11-13-9-10-14-12/h13H,3-11H2,1-2H3. The molecule has 1 atom stereocenters. The Balaban J connectivity index is 2.03. The van der Waals surface area contributed by atoms with Gasteiger partial charge in [0.25, 0.3) is 0 Å². The van der Waals surface area contributed by atoms with Crippen LogP contribution < -0.4 is 5.32 Å². The third-order valence-electron chi connectivity index (χ3n) is 3.04. The molecule has 0 saturated carbocycles. The van der Waals surface area contributed by atoms with Crippen molar-refractivity contribution in [3.05, 3.63) is 0 Å². The Labute approximate surface area is 88.4 Å². The van der Waals surface area contributed by atoms with E-state index in [0.29, 0.717) is 0 Å². The van der Waals surface area contributed by atoms with Gasteiger partial charge in [0.2, 0.25) is 0 Å². The van der Waals surface area contributed by atoms with Crippen LogP contribution in [0.3, 0.4) is 0 Å². The lowest BCUT2D eigenvalue weighted by atomic mass is 9.96. The SMILES string of the molecule is CCCCCCCC1(C)CNCCO1. The van der Waals surface area contributed by atoms with Crippen LogP contribution in [0.15, 0.2) is 0 Å². The fourth-order valence-electron chi connectivity index (χ4n) is 2.04. The van der Waals surface area contributed by atoms with Gasteiger partial charge in [-0.05, 0) is 13.3 Å². The van der Waals surface area contributed by atoms with E-state index >= 15 is 0 Å². The second kappa shape index (κ2) is 6.41. The zero-order chi connectivity index (χ0) is 10.3. The number of rotatable bonds is 6. The van der Waals surface area contributed by atoms with Crippen molar-refractivity contribution in [2.24, 2.45) is 0 Å². The average molecular weight is 199 g/mol. The lowest BCUT2D eigenvalue weighted by Crippen LogP contribution is -2.47. The third-order valence-corrected chi connectivity index (χ3v) is 3.04. The van der Waals surface area contributed by atoms with E-state index in [1.807, 2.05) is 0 Å². The summed E-state index contributed by atoms with van der Waals surface area (Å²) in [5, 5.41) is 3.40. The van der Waals surface area contributed by atoms with Crippen LogP contribution in [0.1, 0.15) is 52.4 Å². The molecule has 1 unspecified atom stereocenters. The lowest BCUT2D eigenvalue weighted by molar-refractivity contribution is -0.0589. The van der Waals surface area contributed by atoms with Crippen LogP contribution in [0.4, 0.5) is 0 Å². The Hall–Kier alpha value is -0.0800. The van der Waals surface area contributed by atoms with Gasteiger partial charge in [-0.1, -0.05) is 39.0 Å². The molecule has 0 radical (unpaired) electrons. The highest BCUT2D eigenvalue weighted by atomic mass is 16.5. The van der Waals surface area contributed by atoms with E-state index in [4.69, 9.17) is 4.74 Å². The maximum absolute atomic E-state index is 5.81. The molecule has 0 aliphatic carbocycles. The lowest BCUT2D eigenvalue weighted by Gasteiger charge is -2.34. The number of hydrogen-bond acceptors (Lipinski definition) is 2. The molecule has 0 spiro atoms. The Morgan fingerprint density at radius 3 is 2.64 bits per heavy atom. The van der Waals surface area contributed by atoms with Gasteiger partial charge in [-0.15, -0.1) is 0 Å². The maximum atomic E-state index is 5.81. The molecule has 0 aromatic carbocycles. The number of ether oxygens (including phenoxy) is 1. The summed E-state index contributed by atoms with van der Waals surface area (Å²) in [5.41, 5.74) is 0.116. The van der Waals surface area contributed by atoms with Gasteiger partial charge in [0.15, 0.2) is 0 Å². The van der Waals surface area contributed by atoms with Crippen molar-refractivity contribution >= 4 is 0 Å². The molecular formula is C12H25NO. The van der Waals surface area contributed by atoms with E-state index in [1.165, 1.54) is 38.5 Å². The monoisotopic (exact) mass is 199 g/mol. The fourth-order valence-corrected chi connectivity index (χ4v) is 2.04. The van der Waals surface area contributed by atoms with E-state index < -0.39 is 0 Å². The molecule has 1 aliphatic heterocycles. The minimum Gasteiger partial charge on any atom is -0.373 e. The second-order valence-electron chi connectivity index (χ2n) is 4.64. The number of morpholine rings is 1. The van der Waals surface area contributed by atoms with Crippen molar-refractivity contribution in [2.75, 3.05) is 19.7 Å². The van der Waals surface area contributed by atoms with E-state index in [1.54, 1.807) is 0 Å². The summed E-state index contributed by atoms with van der Waals surface area (Å²) in [5.74, 6) is 0. The predicted molar refractivity (Wildman–Crippen MR) is 60.6 cm³/mol. The highest BCUT2D eigenvalue weighted by Crippen LogP contribution is 2.20. The number of nitrogens with one attached hydrogen (secondary N) is 1. The van der Waals surface area contributed by atoms with Crippen LogP contribution in [-0.4, -0.2) is 25.3 Å². The van der Waals surface area contributed by atoms with Gasteiger partial charge in [0.1, 0.15) is 0 Å². The summed E-state index contributed by atoms with van der Waals surface area (Å²) in [7, 11) is 0. The summed E-state index contributed by atoms with van der Waals surface area (Å²) >= 11 is 0. The first kappa shape index (κ1) is 12.0. The van der Waals surface area contributed by atoms with Crippen molar-refractivity contribution in [1.82, 2.24) is 5.32 Å². The van der Waals surface area contributed by atoms with Crippen molar-refractivity contribution in [2.45, 2.75) is 58.0 Å². The fraction of sp³-hybridized carbons (Fsp3) is 1.00. The minimum atomic E-state index is 0.116. The molecule has 1 rings (SSSR count). The van der Waals surface area contributed by atoms with Crippen LogP contribution in [0.25, 0.3) is 0 Å². The third kappa shape index (κ3) is 4.43. The highest BCUT2D eigenvalue weighted by Gasteiger charge is 2.26. The Kier molecular flexibility index (Phi) is 5.49. The van der Waals surface area contributed by atoms with Crippen LogP contribution in [0.5, 0.6) is 0 Å². The van der Waals surface area contributed by atoms with Crippen molar-refractivity contribution in [3.8, 4) is 0 Å². The van der Waals surface area contributed by atoms with Crippen molar-refractivity contribution in [3.63, 3.8) is 0 Å². The molecule has 2 nitrogen and oxygen atoms in total. The van der Waals surface area contributed by atoms with Gasteiger partial charge >= 0.3 is 0 Å². The first-order chi connectivity index (χ1) is 6.77. The Morgan fingerprint density at radius 2 is 2.00 bits per heavy atom. The molecule has 0 aromatic heterocycles. The van der Waals surface area contributed by atoms with Gasteiger partial charge in [0, 0.05) is 13.1 Å². The summed E-state index contributed by atoms with van der Waals surface area (Å²) in [6, 6.07) is 0. The second-order valence-corrected chi connectivity index (χ2v) is 4.64. The van der Waals surface area contributed by atoms with Gasteiger partial charge in [-0.2, -0.15) is 0 Å². The predicted octanol–water partition coefficient (Wildman–Crippen LogP) is 2.73. The minimum absolute atomic E-state index is 0.116. The number of unbranched alkanes of at least 4 members (excludes halogenated alkanes) is 4. The molecule has 0 aromatic rings. The summed E-state index contributed by atoms with van der Waals surface area (Å²) in [4.78, 5) is 0. The van der Waals surface area contributed by atoms with E-state index in [2.05, 4.69) is 19.2 Å². The van der Waals surface area contributed by atoms with Gasteiger partial charge < -0.3 is 10.1 Å². The molecule has 2 heteroatoms. The van der Waals surface area contributed by atoms with Gasteiger partial charge in [-0.3, -0.25) is 0 Å². The molecular weight excluding hydrogens is 174 g/mol. The van der Waals surface area contributed by atoms with Crippen LogP contribution >= 0.6 is 0 Å². The summed E-state index contributed by atoms with van der Waals surface area (Å²) < 4.78 is 5.81. The molecule has 1 aliphatic rings. The smallest absolute Gasteiger partial charge is 0.0778 e. The first-order valence-corrected chi connectivity index (χ1v) is 6.11. The number of hydrogen-bond donors (Lipinski definition) is 1.